The number of aromatic nitrogens is 4. The third-order valence-corrected chi connectivity index (χ3v) is 5.88. The molecule has 4 aromatic rings. The maximum atomic E-state index is 14.7. The van der Waals surface area contributed by atoms with Crippen molar-refractivity contribution in [1.29, 1.82) is 0 Å². The molecule has 0 radical (unpaired) electrons. The number of fused-ring (bicyclic) bond motifs is 3. The van der Waals surface area contributed by atoms with Crippen LogP contribution in [-0.2, 0) is 6.54 Å². The molecule has 3 aromatic heterocycles. The summed E-state index contributed by atoms with van der Waals surface area (Å²) in [6.45, 7) is 2.89. The number of anilines is 1. The van der Waals surface area contributed by atoms with Gasteiger partial charge in [-0.25, -0.2) is 9.37 Å². The van der Waals surface area contributed by atoms with Gasteiger partial charge in [-0.1, -0.05) is 0 Å². The number of nitrogens with one attached hydrogen (secondary N) is 1. The summed E-state index contributed by atoms with van der Waals surface area (Å²) in [5.74, 6) is 1.57. The number of pyridine rings is 2. The van der Waals surface area contributed by atoms with Gasteiger partial charge in [-0.3, -0.25) is 4.40 Å². The van der Waals surface area contributed by atoms with Crippen LogP contribution in [0.5, 0.6) is 17.4 Å². The van der Waals surface area contributed by atoms with E-state index in [1.165, 1.54) is 12.1 Å². The molecule has 0 amide bonds. The van der Waals surface area contributed by atoms with E-state index in [-0.39, 0.29) is 24.2 Å². The number of halogens is 1. The van der Waals surface area contributed by atoms with E-state index in [2.05, 4.69) is 20.5 Å². The van der Waals surface area contributed by atoms with Gasteiger partial charge in [0.25, 0.3) is 0 Å². The molecule has 2 aliphatic rings. The molecular weight excluding hydrogens is 401 g/mol. The van der Waals surface area contributed by atoms with Gasteiger partial charge < -0.3 is 19.9 Å². The highest BCUT2D eigenvalue weighted by Gasteiger charge is 2.31. The van der Waals surface area contributed by atoms with E-state index in [4.69, 9.17) is 9.47 Å². The summed E-state index contributed by atoms with van der Waals surface area (Å²) >= 11 is 0. The minimum Gasteiger partial charge on any atom is -0.493 e. The molecule has 8 nitrogen and oxygen atoms in total. The molecule has 2 aliphatic heterocycles. The molecule has 0 spiro atoms. The summed E-state index contributed by atoms with van der Waals surface area (Å²) in [5.41, 5.74) is 4.28. The quantitative estimate of drug-likeness (QED) is 0.488. The summed E-state index contributed by atoms with van der Waals surface area (Å²) < 4.78 is 28.5. The van der Waals surface area contributed by atoms with Crippen molar-refractivity contribution in [2.45, 2.75) is 19.4 Å². The number of hydrogen-bond acceptors (Lipinski definition) is 7. The first kappa shape index (κ1) is 17.9. The molecule has 0 unspecified atom stereocenters. The number of aryl methyl sites for hydroxylation is 1. The van der Waals surface area contributed by atoms with E-state index in [1.54, 1.807) is 22.9 Å². The Bertz CT molecular complexity index is 1350. The van der Waals surface area contributed by atoms with Crippen molar-refractivity contribution in [2.75, 3.05) is 18.5 Å². The lowest BCUT2D eigenvalue weighted by atomic mass is 9.96. The molecular formula is C22H18FN5O3. The zero-order valence-electron chi connectivity index (χ0n) is 16.6. The van der Waals surface area contributed by atoms with Gasteiger partial charge in [-0.15, -0.1) is 10.2 Å². The molecule has 1 atom stereocenters. The first-order valence-electron chi connectivity index (χ1n) is 9.94. The van der Waals surface area contributed by atoms with Crippen LogP contribution in [0.1, 0.15) is 22.7 Å². The highest BCUT2D eigenvalue weighted by atomic mass is 19.1. The molecule has 0 saturated carbocycles. The maximum Gasteiger partial charge on any atom is 0.210 e. The molecule has 156 valence electrons. The van der Waals surface area contributed by atoms with Crippen molar-refractivity contribution in [3.05, 3.63) is 59.3 Å². The monoisotopic (exact) mass is 419 g/mol. The fourth-order valence-electron chi connectivity index (χ4n) is 4.42. The number of aromatic hydroxyl groups is 1. The van der Waals surface area contributed by atoms with Gasteiger partial charge in [0.05, 0.1) is 19.1 Å². The van der Waals surface area contributed by atoms with Crippen LogP contribution in [-0.4, -0.2) is 37.9 Å². The average molecular weight is 419 g/mol. The third-order valence-electron chi connectivity index (χ3n) is 5.88. The van der Waals surface area contributed by atoms with Gasteiger partial charge in [0.2, 0.25) is 5.88 Å². The van der Waals surface area contributed by atoms with Crippen molar-refractivity contribution in [1.82, 2.24) is 19.6 Å². The Morgan fingerprint density at radius 3 is 2.81 bits per heavy atom. The smallest absolute Gasteiger partial charge is 0.210 e. The topological polar surface area (TPSA) is 93.8 Å². The van der Waals surface area contributed by atoms with E-state index in [9.17, 15) is 9.50 Å². The van der Waals surface area contributed by atoms with Gasteiger partial charge in [-0.2, -0.15) is 0 Å². The third kappa shape index (κ3) is 2.69. The van der Waals surface area contributed by atoms with Crippen LogP contribution in [0.4, 0.5) is 10.2 Å². The molecule has 1 aromatic carbocycles. The van der Waals surface area contributed by atoms with Crippen molar-refractivity contribution in [2.24, 2.45) is 0 Å². The highest BCUT2D eigenvalue weighted by molar-refractivity contribution is 5.83. The van der Waals surface area contributed by atoms with Gasteiger partial charge >= 0.3 is 0 Å². The van der Waals surface area contributed by atoms with E-state index >= 15 is 0 Å². The SMILES string of the molecule is Cc1nc(O)ccc1-c1cc2c(n3cnnc13)NCc1c(F)ccc3c1[C@H](CO3)CO2. The number of rotatable bonds is 1. The van der Waals surface area contributed by atoms with E-state index in [1.807, 2.05) is 13.0 Å². The Balaban J connectivity index is 1.53. The van der Waals surface area contributed by atoms with E-state index in [0.717, 1.165) is 16.7 Å². The fourth-order valence-corrected chi connectivity index (χ4v) is 4.42. The largest absolute Gasteiger partial charge is 0.493 e. The van der Waals surface area contributed by atoms with Crippen LogP contribution in [0.25, 0.3) is 16.8 Å². The second-order valence-corrected chi connectivity index (χ2v) is 7.71. The lowest BCUT2D eigenvalue weighted by Crippen LogP contribution is -2.13. The molecule has 2 N–H and O–H groups in total. The van der Waals surface area contributed by atoms with E-state index < -0.39 is 0 Å². The lowest BCUT2D eigenvalue weighted by molar-refractivity contribution is 0.249. The van der Waals surface area contributed by atoms with Crippen LogP contribution in [0.3, 0.4) is 0 Å². The first-order valence-corrected chi connectivity index (χ1v) is 9.94. The summed E-state index contributed by atoms with van der Waals surface area (Å²) in [7, 11) is 0. The highest BCUT2D eigenvalue weighted by Crippen LogP contribution is 2.42. The number of nitrogens with zero attached hydrogens (tertiary/aromatic N) is 4. The average Bonchev–Trinajstić information content (AvgIpc) is 3.40. The predicted molar refractivity (Wildman–Crippen MR) is 110 cm³/mol. The van der Waals surface area contributed by atoms with Crippen LogP contribution in [0, 0.1) is 12.7 Å². The predicted octanol–water partition coefficient (Wildman–Crippen LogP) is 3.42. The molecule has 5 heterocycles. The van der Waals surface area contributed by atoms with Gasteiger partial charge in [-0.05, 0) is 31.2 Å². The normalized spacial score (nSPS) is 16.9. The molecule has 0 aliphatic carbocycles. The van der Waals surface area contributed by atoms with Crippen molar-refractivity contribution in [3.63, 3.8) is 0 Å². The Kier molecular flexibility index (Phi) is 3.80. The van der Waals surface area contributed by atoms with Crippen molar-refractivity contribution < 1.29 is 19.0 Å². The number of ether oxygens (including phenoxy) is 2. The van der Waals surface area contributed by atoms with Crippen LogP contribution >= 0.6 is 0 Å². The standard InChI is InChI=1S/C22H18FN5O3/c1-11-13(2-5-19(29)26-11)14-6-18-22(28-10-25-27-21(14)28)24-7-15-16(23)3-4-17-20(15)12(8-30-17)9-31-18/h2-6,10,12,24H,7-9H2,1H3,(H,26,29)/t12-/m1/s1. The lowest BCUT2D eigenvalue weighted by Gasteiger charge is -2.17. The van der Waals surface area contributed by atoms with Gasteiger partial charge in [0, 0.05) is 40.6 Å². The zero-order chi connectivity index (χ0) is 21.1. The Morgan fingerprint density at radius 2 is 1.97 bits per heavy atom. The summed E-state index contributed by atoms with van der Waals surface area (Å²) in [4.78, 5) is 4.15. The van der Waals surface area contributed by atoms with Crippen LogP contribution in [0.2, 0.25) is 0 Å². The van der Waals surface area contributed by atoms with Gasteiger partial charge in [0.1, 0.15) is 17.9 Å². The summed E-state index contributed by atoms with van der Waals surface area (Å²) in [5, 5.41) is 21.4. The Morgan fingerprint density at radius 1 is 1.13 bits per heavy atom. The Hall–Kier alpha value is -3.88. The molecule has 6 rings (SSSR count). The minimum absolute atomic E-state index is 0.0452. The fraction of sp³-hybridized carbons (Fsp3) is 0.227. The number of benzene rings is 1. The summed E-state index contributed by atoms with van der Waals surface area (Å²) in [6.07, 6.45) is 1.59. The van der Waals surface area contributed by atoms with Crippen LogP contribution in [0.15, 0.2) is 36.7 Å². The zero-order valence-corrected chi connectivity index (χ0v) is 16.6. The number of hydrogen-bond donors (Lipinski definition) is 2. The van der Waals surface area contributed by atoms with Gasteiger partial charge in [0.15, 0.2) is 17.2 Å². The molecule has 31 heavy (non-hydrogen) atoms. The molecule has 9 heteroatoms. The second kappa shape index (κ2) is 6.56. The van der Waals surface area contributed by atoms with E-state index in [0.29, 0.717) is 47.4 Å². The maximum absolute atomic E-state index is 14.7. The Labute approximate surface area is 176 Å². The molecule has 0 bridgehead atoms. The second-order valence-electron chi connectivity index (χ2n) is 7.71. The summed E-state index contributed by atoms with van der Waals surface area (Å²) in [6, 6.07) is 8.33. The molecule has 0 saturated heterocycles. The first-order chi connectivity index (χ1) is 15.1. The van der Waals surface area contributed by atoms with Crippen molar-refractivity contribution >= 4 is 11.5 Å². The minimum atomic E-state index is -0.271. The van der Waals surface area contributed by atoms with Crippen molar-refractivity contribution in [3.8, 4) is 28.5 Å². The van der Waals surface area contributed by atoms with Crippen LogP contribution < -0.4 is 14.8 Å². The molecule has 0 fully saturated rings.